The number of benzene rings is 2. The Hall–Kier alpha value is -3.19. The fourth-order valence-electron chi connectivity index (χ4n) is 3.89. The average Bonchev–Trinajstić information content (AvgIpc) is 2.97. The van der Waals surface area contributed by atoms with E-state index in [9.17, 15) is 18.8 Å². The average molecular weight is 442 g/mol. The van der Waals surface area contributed by atoms with E-state index in [1.54, 1.807) is 24.3 Å². The number of nitrogens with zero attached hydrogens (tertiary/aromatic N) is 2. The highest BCUT2D eigenvalue weighted by atomic mass is 35.5. The Bertz CT molecular complexity index is 1100. The highest BCUT2D eigenvalue weighted by Gasteiger charge is 2.40. The Labute approximate surface area is 184 Å². The molecule has 6 nitrogen and oxygen atoms in total. The van der Waals surface area contributed by atoms with Crippen molar-refractivity contribution in [1.82, 2.24) is 4.90 Å². The summed E-state index contributed by atoms with van der Waals surface area (Å²) in [6.07, 6.45) is 2.07. The van der Waals surface area contributed by atoms with E-state index >= 15 is 0 Å². The second kappa shape index (κ2) is 8.51. The quantitative estimate of drug-likeness (QED) is 0.724. The Kier molecular flexibility index (Phi) is 5.78. The first-order valence-electron chi connectivity index (χ1n) is 10.1. The number of halogens is 2. The van der Waals surface area contributed by atoms with Crippen LogP contribution in [0.4, 0.5) is 15.8 Å². The van der Waals surface area contributed by atoms with Gasteiger partial charge in [-0.05, 0) is 49.1 Å². The van der Waals surface area contributed by atoms with E-state index in [1.165, 1.54) is 18.2 Å². The van der Waals surface area contributed by atoms with Gasteiger partial charge in [-0.25, -0.2) is 9.29 Å². The van der Waals surface area contributed by atoms with E-state index < -0.39 is 17.6 Å². The summed E-state index contributed by atoms with van der Waals surface area (Å²) in [4.78, 5) is 40.8. The number of amides is 3. The first kappa shape index (κ1) is 21.1. The zero-order valence-corrected chi connectivity index (χ0v) is 17.7. The van der Waals surface area contributed by atoms with E-state index in [0.29, 0.717) is 35.2 Å². The molecule has 3 amide bonds. The van der Waals surface area contributed by atoms with Crippen LogP contribution in [0.15, 0.2) is 59.3 Å². The highest BCUT2D eigenvalue weighted by molar-refractivity contribution is 6.53. The second-order valence-electron chi connectivity index (χ2n) is 7.79. The lowest BCUT2D eigenvalue weighted by Gasteiger charge is -2.31. The fraction of sp³-hybridized carbons (Fsp3) is 0.261. The van der Waals surface area contributed by atoms with Crippen LogP contribution in [-0.4, -0.2) is 35.7 Å². The third kappa shape index (κ3) is 4.05. The van der Waals surface area contributed by atoms with Gasteiger partial charge in [0.15, 0.2) is 0 Å². The lowest BCUT2D eigenvalue weighted by atomic mass is 9.99. The van der Waals surface area contributed by atoms with Gasteiger partial charge in [-0.1, -0.05) is 36.7 Å². The number of para-hydroxylation sites is 1. The highest BCUT2D eigenvalue weighted by Crippen LogP contribution is 2.31. The van der Waals surface area contributed by atoms with Crippen molar-refractivity contribution in [2.24, 2.45) is 5.92 Å². The molecule has 0 spiro atoms. The van der Waals surface area contributed by atoms with Crippen LogP contribution in [0.5, 0.6) is 0 Å². The molecule has 0 bridgehead atoms. The lowest BCUT2D eigenvalue weighted by molar-refractivity contribution is -0.120. The molecule has 4 rings (SSSR count). The van der Waals surface area contributed by atoms with Crippen LogP contribution in [0.2, 0.25) is 0 Å². The second-order valence-corrected chi connectivity index (χ2v) is 8.17. The molecule has 1 saturated heterocycles. The van der Waals surface area contributed by atoms with Crippen LogP contribution in [0.25, 0.3) is 0 Å². The van der Waals surface area contributed by atoms with Gasteiger partial charge in [0, 0.05) is 24.3 Å². The molecular formula is C23H21ClFN3O3. The van der Waals surface area contributed by atoms with Gasteiger partial charge in [0.25, 0.3) is 17.7 Å². The van der Waals surface area contributed by atoms with Crippen LogP contribution < -0.4 is 10.2 Å². The van der Waals surface area contributed by atoms with E-state index in [0.717, 1.165) is 18.9 Å². The van der Waals surface area contributed by atoms with Gasteiger partial charge in [0.05, 0.1) is 5.69 Å². The SMILES string of the molecule is CC1CCCN(C(=O)c2cccc(NC3=C(Cl)C(=O)N(c4ccccc4F)C3=O)c2)C1. The molecule has 1 atom stereocenters. The monoisotopic (exact) mass is 441 g/mol. The molecule has 2 heterocycles. The molecule has 2 aliphatic heterocycles. The standard InChI is InChI=1S/C23H21ClFN3O3/c1-14-6-5-11-27(13-14)21(29)15-7-4-8-16(12-15)26-20-19(24)22(30)28(23(20)31)18-10-3-2-9-17(18)25/h2-4,7-10,12,14,26H,5-6,11,13H2,1H3. The van der Waals surface area contributed by atoms with E-state index in [-0.39, 0.29) is 22.3 Å². The third-order valence-electron chi connectivity index (χ3n) is 5.44. The summed E-state index contributed by atoms with van der Waals surface area (Å²) in [6.45, 7) is 3.54. The topological polar surface area (TPSA) is 69.7 Å². The fourth-order valence-corrected chi connectivity index (χ4v) is 4.11. The zero-order valence-electron chi connectivity index (χ0n) is 16.9. The van der Waals surface area contributed by atoms with Crippen molar-refractivity contribution in [3.8, 4) is 0 Å². The van der Waals surface area contributed by atoms with E-state index in [1.807, 2.05) is 4.90 Å². The maximum absolute atomic E-state index is 14.1. The minimum absolute atomic E-state index is 0.0860. The van der Waals surface area contributed by atoms with Crippen molar-refractivity contribution < 1.29 is 18.8 Å². The molecule has 2 aromatic rings. The molecule has 31 heavy (non-hydrogen) atoms. The van der Waals surface area contributed by atoms with Crippen molar-refractivity contribution in [3.05, 3.63) is 70.6 Å². The van der Waals surface area contributed by atoms with Gasteiger partial charge >= 0.3 is 0 Å². The zero-order chi connectivity index (χ0) is 22.1. The van der Waals surface area contributed by atoms with Crippen LogP contribution in [-0.2, 0) is 9.59 Å². The molecule has 0 aliphatic carbocycles. The smallest absolute Gasteiger partial charge is 0.283 e. The summed E-state index contributed by atoms with van der Waals surface area (Å²) in [7, 11) is 0. The molecule has 0 radical (unpaired) electrons. The lowest BCUT2D eigenvalue weighted by Crippen LogP contribution is -2.39. The molecule has 2 aromatic carbocycles. The Morgan fingerprint density at radius 1 is 1.13 bits per heavy atom. The van der Waals surface area contributed by atoms with Crippen molar-refractivity contribution in [3.63, 3.8) is 0 Å². The predicted octanol–water partition coefficient (Wildman–Crippen LogP) is 4.13. The van der Waals surface area contributed by atoms with Crippen molar-refractivity contribution >= 4 is 40.7 Å². The van der Waals surface area contributed by atoms with E-state index in [2.05, 4.69) is 12.2 Å². The molecule has 1 N–H and O–H groups in total. The molecular weight excluding hydrogens is 421 g/mol. The Balaban J connectivity index is 1.56. The maximum Gasteiger partial charge on any atom is 0.283 e. The van der Waals surface area contributed by atoms with Gasteiger partial charge < -0.3 is 10.2 Å². The number of hydrogen-bond donors (Lipinski definition) is 1. The summed E-state index contributed by atoms with van der Waals surface area (Å²) in [5.41, 5.74) is 0.570. The maximum atomic E-state index is 14.1. The summed E-state index contributed by atoms with van der Waals surface area (Å²) in [6, 6.07) is 12.1. The minimum Gasteiger partial charge on any atom is -0.350 e. The Morgan fingerprint density at radius 3 is 2.65 bits per heavy atom. The number of carbonyl (C=O) groups is 3. The number of piperidine rings is 1. The molecule has 8 heteroatoms. The van der Waals surface area contributed by atoms with Crippen molar-refractivity contribution in [1.29, 1.82) is 0 Å². The summed E-state index contributed by atoms with van der Waals surface area (Å²) < 4.78 is 14.1. The molecule has 1 fully saturated rings. The van der Waals surface area contributed by atoms with Gasteiger partial charge in [0.2, 0.25) is 0 Å². The number of carbonyl (C=O) groups excluding carboxylic acids is 3. The molecule has 160 valence electrons. The molecule has 0 saturated carbocycles. The van der Waals surface area contributed by atoms with Gasteiger partial charge in [-0.3, -0.25) is 14.4 Å². The molecule has 1 unspecified atom stereocenters. The first-order valence-corrected chi connectivity index (χ1v) is 10.4. The number of nitrogens with one attached hydrogen (secondary N) is 1. The summed E-state index contributed by atoms with van der Waals surface area (Å²) >= 11 is 6.12. The van der Waals surface area contributed by atoms with Crippen molar-refractivity contribution in [2.45, 2.75) is 19.8 Å². The van der Waals surface area contributed by atoms with Gasteiger partial charge in [-0.2, -0.15) is 0 Å². The van der Waals surface area contributed by atoms with Crippen LogP contribution >= 0.6 is 11.6 Å². The van der Waals surface area contributed by atoms with Crippen molar-refractivity contribution in [2.75, 3.05) is 23.3 Å². The number of anilines is 2. The first-order chi connectivity index (χ1) is 14.9. The number of likely N-dealkylation sites (tertiary alicyclic amines) is 1. The summed E-state index contributed by atoms with van der Waals surface area (Å²) in [5, 5.41) is 2.50. The van der Waals surface area contributed by atoms with Gasteiger partial charge in [0.1, 0.15) is 16.5 Å². The number of imide groups is 1. The van der Waals surface area contributed by atoms with Crippen LogP contribution in [0.3, 0.4) is 0 Å². The summed E-state index contributed by atoms with van der Waals surface area (Å²) in [5.74, 6) is -1.92. The minimum atomic E-state index is -0.811. The largest absolute Gasteiger partial charge is 0.350 e. The number of hydrogen-bond acceptors (Lipinski definition) is 4. The van der Waals surface area contributed by atoms with Crippen LogP contribution in [0.1, 0.15) is 30.1 Å². The van der Waals surface area contributed by atoms with Gasteiger partial charge in [-0.15, -0.1) is 0 Å². The number of rotatable bonds is 4. The normalized spacial score (nSPS) is 19.3. The van der Waals surface area contributed by atoms with E-state index in [4.69, 9.17) is 11.6 Å². The predicted molar refractivity (Wildman–Crippen MR) is 116 cm³/mol. The van der Waals surface area contributed by atoms with Crippen LogP contribution in [0, 0.1) is 11.7 Å². The third-order valence-corrected chi connectivity index (χ3v) is 5.79. The molecule has 0 aromatic heterocycles. The molecule has 2 aliphatic rings. The Morgan fingerprint density at radius 2 is 1.90 bits per heavy atom.